The van der Waals surface area contributed by atoms with E-state index in [-0.39, 0.29) is 19.7 Å². The molecule has 0 spiro atoms. The highest BCUT2D eigenvalue weighted by atomic mass is 19.4. The molecule has 2 aromatic rings. The second-order valence-corrected chi connectivity index (χ2v) is 6.09. The van der Waals surface area contributed by atoms with E-state index in [2.05, 4.69) is 0 Å². The van der Waals surface area contributed by atoms with E-state index in [0.717, 1.165) is 5.56 Å². The number of hydrogen-bond donors (Lipinski definition) is 0. The van der Waals surface area contributed by atoms with Gasteiger partial charge in [0.05, 0.1) is 22.0 Å². The van der Waals surface area contributed by atoms with Crippen LogP contribution in [0.25, 0.3) is 0 Å². The molecule has 0 aliphatic carbocycles. The molecule has 1 aliphatic rings. The normalized spacial score (nSPS) is 17.4. The topological polar surface area (TPSA) is 98.8 Å². The van der Waals surface area contributed by atoms with E-state index < -0.39 is 44.8 Å². The fraction of sp³-hybridized carbons (Fsp3) is 0.294. The van der Waals surface area contributed by atoms with Crippen LogP contribution in [0.5, 0.6) is 0 Å². The van der Waals surface area contributed by atoms with Crippen LogP contribution in [-0.4, -0.2) is 29.5 Å². The number of nitro groups is 2. The van der Waals surface area contributed by atoms with E-state index in [1.54, 1.807) is 30.3 Å². The Morgan fingerprint density at radius 3 is 2.11 bits per heavy atom. The molecule has 148 valence electrons. The smallest absolute Gasteiger partial charge is 0.370 e. The number of halogens is 3. The van der Waals surface area contributed by atoms with Crippen molar-refractivity contribution in [1.82, 2.24) is 0 Å². The number of hydrogen-bond acceptors (Lipinski definition) is 6. The average molecular weight is 397 g/mol. The standard InChI is InChI=1S/C17H14F3N3O5/c18-17(19,20)12-8-13(22(24)25)16(14(9-12)23(26)27)21-6-7-28-15(10-21)11-4-2-1-3-5-11/h1-5,8-9,15H,6-7,10H2/t15-/m0/s1. The molecule has 0 amide bonds. The molecule has 1 atom stereocenters. The summed E-state index contributed by atoms with van der Waals surface area (Å²) < 4.78 is 44.8. The highest BCUT2D eigenvalue weighted by molar-refractivity contribution is 5.76. The summed E-state index contributed by atoms with van der Waals surface area (Å²) in [6.07, 6.45) is -5.48. The summed E-state index contributed by atoms with van der Waals surface area (Å²) >= 11 is 0. The van der Waals surface area contributed by atoms with Gasteiger partial charge in [-0.2, -0.15) is 13.2 Å². The van der Waals surface area contributed by atoms with E-state index in [4.69, 9.17) is 4.74 Å². The second kappa shape index (κ2) is 7.43. The Morgan fingerprint density at radius 2 is 1.61 bits per heavy atom. The molecule has 11 heteroatoms. The van der Waals surface area contributed by atoms with Gasteiger partial charge in [-0.1, -0.05) is 30.3 Å². The predicted molar refractivity (Wildman–Crippen MR) is 92.1 cm³/mol. The van der Waals surface area contributed by atoms with Crippen LogP contribution in [0.2, 0.25) is 0 Å². The van der Waals surface area contributed by atoms with Gasteiger partial charge in [-0.25, -0.2) is 0 Å². The summed E-state index contributed by atoms with van der Waals surface area (Å²) in [6, 6.07) is 9.51. The summed E-state index contributed by atoms with van der Waals surface area (Å²) in [5.74, 6) is 0. The third kappa shape index (κ3) is 3.88. The van der Waals surface area contributed by atoms with Crippen LogP contribution in [0, 0.1) is 20.2 Å². The van der Waals surface area contributed by atoms with Gasteiger partial charge in [-0.15, -0.1) is 0 Å². The number of morpholine rings is 1. The maximum atomic E-state index is 13.1. The van der Waals surface area contributed by atoms with E-state index in [1.807, 2.05) is 0 Å². The number of benzene rings is 2. The molecule has 0 aromatic heterocycles. The van der Waals surface area contributed by atoms with Crippen LogP contribution < -0.4 is 4.90 Å². The van der Waals surface area contributed by atoms with Crippen molar-refractivity contribution >= 4 is 17.1 Å². The summed E-state index contributed by atoms with van der Waals surface area (Å²) in [7, 11) is 0. The molecular weight excluding hydrogens is 383 g/mol. The molecule has 0 saturated carbocycles. The molecule has 3 rings (SSSR count). The van der Waals surface area contributed by atoms with Crippen LogP contribution >= 0.6 is 0 Å². The summed E-state index contributed by atoms with van der Waals surface area (Å²) in [4.78, 5) is 22.1. The first kappa shape index (κ1) is 19.5. The number of alkyl halides is 3. The first-order valence-electron chi connectivity index (χ1n) is 8.14. The van der Waals surface area contributed by atoms with Gasteiger partial charge in [0.2, 0.25) is 0 Å². The molecule has 0 N–H and O–H groups in total. The van der Waals surface area contributed by atoms with Crippen LogP contribution in [0.1, 0.15) is 17.2 Å². The molecular formula is C17H14F3N3O5. The average Bonchev–Trinajstić information content (AvgIpc) is 2.67. The SMILES string of the molecule is O=[N+]([O-])c1cc(C(F)(F)F)cc([N+](=O)[O-])c1N1CCO[C@H](c2ccccc2)C1. The summed E-state index contributed by atoms with van der Waals surface area (Å²) in [5.41, 5.74) is -3.07. The lowest BCUT2D eigenvalue weighted by molar-refractivity contribution is -0.393. The first-order chi connectivity index (χ1) is 13.2. The maximum Gasteiger partial charge on any atom is 0.416 e. The van der Waals surface area contributed by atoms with Crippen molar-refractivity contribution in [2.24, 2.45) is 0 Å². The molecule has 0 unspecified atom stereocenters. The van der Waals surface area contributed by atoms with Crippen LogP contribution in [0.15, 0.2) is 42.5 Å². The zero-order valence-electron chi connectivity index (χ0n) is 14.3. The van der Waals surface area contributed by atoms with Gasteiger partial charge in [0.1, 0.15) is 6.10 Å². The van der Waals surface area contributed by atoms with Crippen molar-refractivity contribution in [2.75, 3.05) is 24.6 Å². The van der Waals surface area contributed by atoms with Crippen molar-refractivity contribution in [3.05, 3.63) is 73.8 Å². The van der Waals surface area contributed by atoms with Crippen molar-refractivity contribution < 1.29 is 27.8 Å². The molecule has 28 heavy (non-hydrogen) atoms. The lowest BCUT2D eigenvalue weighted by Gasteiger charge is -2.34. The van der Waals surface area contributed by atoms with E-state index in [9.17, 15) is 33.4 Å². The number of ether oxygens (including phenoxy) is 1. The lowest BCUT2D eigenvalue weighted by atomic mass is 10.1. The molecule has 1 aliphatic heterocycles. The van der Waals surface area contributed by atoms with Crippen LogP contribution in [-0.2, 0) is 10.9 Å². The maximum absolute atomic E-state index is 13.1. The second-order valence-electron chi connectivity index (χ2n) is 6.09. The van der Waals surface area contributed by atoms with E-state index >= 15 is 0 Å². The molecule has 0 radical (unpaired) electrons. The Hall–Kier alpha value is -3.21. The Balaban J connectivity index is 2.09. The molecule has 1 heterocycles. The Morgan fingerprint density at radius 1 is 1.04 bits per heavy atom. The minimum absolute atomic E-state index is 0.0249. The van der Waals surface area contributed by atoms with Gasteiger partial charge in [-0.05, 0) is 5.56 Å². The zero-order valence-corrected chi connectivity index (χ0v) is 14.3. The fourth-order valence-electron chi connectivity index (χ4n) is 3.09. The van der Waals surface area contributed by atoms with Crippen molar-refractivity contribution in [2.45, 2.75) is 12.3 Å². The van der Waals surface area contributed by atoms with Gasteiger partial charge >= 0.3 is 6.18 Å². The van der Waals surface area contributed by atoms with Gasteiger partial charge < -0.3 is 9.64 Å². The Kier molecular flexibility index (Phi) is 5.18. The third-order valence-corrected chi connectivity index (χ3v) is 4.34. The number of anilines is 1. The largest absolute Gasteiger partial charge is 0.416 e. The molecule has 2 aromatic carbocycles. The minimum Gasteiger partial charge on any atom is -0.370 e. The van der Waals surface area contributed by atoms with Gasteiger partial charge in [0.25, 0.3) is 11.4 Å². The summed E-state index contributed by atoms with van der Waals surface area (Å²) in [6.45, 7) is 0.197. The van der Waals surface area contributed by atoms with Crippen molar-refractivity contribution in [3.8, 4) is 0 Å². The number of nitro benzene ring substituents is 2. The van der Waals surface area contributed by atoms with Gasteiger partial charge in [0.15, 0.2) is 5.69 Å². The zero-order chi connectivity index (χ0) is 20.5. The van der Waals surface area contributed by atoms with Crippen LogP contribution in [0.3, 0.4) is 0 Å². The van der Waals surface area contributed by atoms with E-state index in [1.165, 1.54) is 4.90 Å². The Labute approximate surface area is 156 Å². The molecule has 8 nitrogen and oxygen atoms in total. The molecule has 1 saturated heterocycles. The van der Waals surface area contributed by atoms with Crippen LogP contribution in [0.4, 0.5) is 30.2 Å². The van der Waals surface area contributed by atoms with Crippen molar-refractivity contribution in [1.29, 1.82) is 0 Å². The highest BCUT2D eigenvalue weighted by Gasteiger charge is 2.40. The molecule has 0 bridgehead atoms. The fourth-order valence-corrected chi connectivity index (χ4v) is 3.09. The quantitative estimate of drug-likeness (QED) is 0.569. The highest BCUT2D eigenvalue weighted by Crippen LogP contribution is 2.44. The lowest BCUT2D eigenvalue weighted by Crippen LogP contribution is -2.39. The first-order valence-corrected chi connectivity index (χ1v) is 8.14. The predicted octanol–water partition coefficient (Wildman–Crippen LogP) is 4.10. The number of rotatable bonds is 4. The summed E-state index contributed by atoms with van der Waals surface area (Å²) in [5, 5.41) is 22.9. The van der Waals surface area contributed by atoms with Gasteiger partial charge in [0, 0.05) is 25.2 Å². The van der Waals surface area contributed by atoms with Crippen molar-refractivity contribution in [3.63, 3.8) is 0 Å². The number of nitrogens with zero attached hydrogens (tertiary/aromatic N) is 3. The minimum atomic E-state index is -4.95. The van der Waals surface area contributed by atoms with Gasteiger partial charge in [-0.3, -0.25) is 20.2 Å². The molecule has 1 fully saturated rings. The Bertz CT molecular complexity index is 870. The monoisotopic (exact) mass is 397 g/mol. The third-order valence-electron chi connectivity index (χ3n) is 4.34. The van der Waals surface area contributed by atoms with E-state index in [0.29, 0.717) is 12.1 Å².